The highest BCUT2D eigenvalue weighted by Gasteiger charge is 2.35. The number of carboxylic acid groups (broad SMARTS) is 1. The van der Waals surface area contributed by atoms with Crippen LogP contribution in [0, 0.1) is 0 Å². The van der Waals surface area contributed by atoms with Gasteiger partial charge in [-0.1, -0.05) is 24.3 Å². The Hall–Kier alpha value is -2.86. The molecule has 4 unspecified atom stereocenters. The Kier molecular flexibility index (Phi) is 6.56. The van der Waals surface area contributed by atoms with E-state index >= 15 is 0 Å². The van der Waals surface area contributed by atoms with Crippen molar-refractivity contribution in [3.8, 4) is 5.75 Å². The predicted molar refractivity (Wildman–Crippen MR) is 118 cm³/mol. The lowest BCUT2D eigenvalue weighted by molar-refractivity contribution is -0.151. The van der Waals surface area contributed by atoms with E-state index in [0.717, 1.165) is 41.7 Å². The first-order valence-electron chi connectivity index (χ1n) is 11.0. The summed E-state index contributed by atoms with van der Waals surface area (Å²) in [5, 5.41) is 9.51. The van der Waals surface area contributed by atoms with Crippen molar-refractivity contribution in [1.29, 1.82) is 0 Å². The molecule has 1 N–H and O–H groups in total. The Balaban J connectivity index is 1.35. The van der Waals surface area contributed by atoms with Gasteiger partial charge in [0.25, 0.3) is 0 Å². The molecule has 0 spiro atoms. The molecule has 164 valence electrons. The van der Waals surface area contributed by atoms with Crippen molar-refractivity contribution in [2.24, 2.45) is 4.99 Å². The highest BCUT2D eigenvalue weighted by Crippen LogP contribution is 2.38. The van der Waals surface area contributed by atoms with Crippen LogP contribution in [0.1, 0.15) is 49.3 Å². The maximum absolute atomic E-state index is 11.6. The summed E-state index contributed by atoms with van der Waals surface area (Å²) >= 11 is 0. The molecule has 0 radical (unpaired) electrons. The minimum absolute atomic E-state index is 0.0195. The predicted octanol–water partition coefficient (Wildman–Crippen LogP) is 4.21. The van der Waals surface area contributed by atoms with Gasteiger partial charge in [-0.05, 0) is 62.1 Å². The minimum atomic E-state index is -0.900. The molecule has 0 amide bonds. The van der Waals surface area contributed by atoms with Gasteiger partial charge in [0.1, 0.15) is 11.9 Å². The van der Waals surface area contributed by atoms with Gasteiger partial charge < -0.3 is 19.3 Å². The number of carboxylic acids is 1. The van der Waals surface area contributed by atoms with Gasteiger partial charge in [-0.3, -0.25) is 0 Å². The van der Waals surface area contributed by atoms with Gasteiger partial charge in [-0.2, -0.15) is 0 Å². The summed E-state index contributed by atoms with van der Waals surface area (Å²) in [6.45, 7) is 4.80. The fourth-order valence-electron chi connectivity index (χ4n) is 4.43. The van der Waals surface area contributed by atoms with Crippen molar-refractivity contribution in [3.05, 3.63) is 65.2 Å². The summed E-state index contributed by atoms with van der Waals surface area (Å²) < 4.78 is 17.4. The van der Waals surface area contributed by atoms with Crippen LogP contribution in [-0.4, -0.2) is 48.4 Å². The van der Waals surface area contributed by atoms with Gasteiger partial charge in [0.15, 0.2) is 6.10 Å². The van der Waals surface area contributed by atoms with E-state index in [-0.39, 0.29) is 18.1 Å². The zero-order valence-electron chi connectivity index (χ0n) is 18.0. The maximum atomic E-state index is 11.6. The molecule has 2 aromatic carbocycles. The van der Waals surface area contributed by atoms with E-state index in [1.165, 1.54) is 0 Å². The maximum Gasteiger partial charge on any atom is 0.333 e. The molecule has 0 fully saturated rings. The Morgan fingerprint density at radius 2 is 2.06 bits per heavy atom. The third kappa shape index (κ3) is 4.74. The number of hydrogen-bond donors (Lipinski definition) is 1. The molecule has 4 rings (SSSR count). The second-order valence-corrected chi connectivity index (χ2v) is 8.05. The molecule has 0 saturated carbocycles. The van der Waals surface area contributed by atoms with Crippen molar-refractivity contribution < 1.29 is 24.1 Å². The first-order valence-corrected chi connectivity index (χ1v) is 11.0. The van der Waals surface area contributed by atoms with E-state index in [2.05, 4.69) is 0 Å². The number of aryl methyl sites for hydroxylation is 1. The van der Waals surface area contributed by atoms with E-state index in [9.17, 15) is 9.90 Å². The van der Waals surface area contributed by atoms with E-state index in [4.69, 9.17) is 19.2 Å². The largest absolute Gasteiger partial charge is 0.494 e. The van der Waals surface area contributed by atoms with E-state index in [0.29, 0.717) is 19.1 Å². The number of rotatable bonds is 9. The Morgan fingerprint density at radius 3 is 2.81 bits per heavy atom. The first kappa shape index (κ1) is 21.4. The molecule has 0 saturated heterocycles. The third-order valence-corrected chi connectivity index (χ3v) is 6.02. The average Bonchev–Trinajstić information content (AvgIpc) is 3.36. The zero-order chi connectivity index (χ0) is 21.8. The number of ether oxygens (including phenoxy) is 3. The van der Waals surface area contributed by atoms with Gasteiger partial charge in [0, 0.05) is 24.5 Å². The Labute approximate surface area is 182 Å². The quantitative estimate of drug-likeness (QED) is 0.654. The molecule has 1 heterocycles. The van der Waals surface area contributed by atoms with Gasteiger partial charge in [-0.15, -0.1) is 0 Å². The second-order valence-electron chi connectivity index (χ2n) is 8.05. The van der Waals surface area contributed by atoms with Crippen LogP contribution in [0.3, 0.4) is 0 Å². The van der Waals surface area contributed by atoms with Gasteiger partial charge in [-0.25, -0.2) is 9.79 Å². The molecule has 2 aromatic rings. The van der Waals surface area contributed by atoms with Gasteiger partial charge in [0.05, 0.1) is 12.6 Å². The molecule has 31 heavy (non-hydrogen) atoms. The lowest BCUT2D eigenvalue weighted by atomic mass is 9.95. The van der Waals surface area contributed by atoms with Crippen molar-refractivity contribution >= 4 is 11.9 Å². The molecule has 6 nitrogen and oxygen atoms in total. The van der Waals surface area contributed by atoms with E-state index in [1.807, 2.05) is 62.4 Å². The molecule has 0 aromatic heterocycles. The number of carbonyl (C=O) groups is 1. The molecular weight excluding hydrogens is 394 g/mol. The number of aliphatic imine (C=N–C) groups is 1. The van der Waals surface area contributed by atoms with Crippen molar-refractivity contribution in [1.82, 2.24) is 0 Å². The van der Waals surface area contributed by atoms with Crippen LogP contribution in [0.25, 0.3) is 0 Å². The second kappa shape index (κ2) is 9.52. The smallest absolute Gasteiger partial charge is 0.333 e. The normalized spacial score (nSPS) is 23.0. The van der Waals surface area contributed by atoms with Gasteiger partial charge >= 0.3 is 5.97 Å². The van der Waals surface area contributed by atoms with Crippen LogP contribution in [0.2, 0.25) is 0 Å². The summed E-state index contributed by atoms with van der Waals surface area (Å²) in [5.41, 5.74) is 3.20. The molecular formula is C25H29NO5. The van der Waals surface area contributed by atoms with Crippen LogP contribution >= 0.6 is 0 Å². The molecule has 4 atom stereocenters. The Bertz CT molecular complexity index is 942. The third-order valence-electron chi connectivity index (χ3n) is 6.02. The van der Waals surface area contributed by atoms with Crippen LogP contribution < -0.4 is 4.74 Å². The fraction of sp³-hybridized carbons (Fsp3) is 0.440. The topological polar surface area (TPSA) is 77.4 Å². The lowest BCUT2D eigenvalue weighted by Crippen LogP contribution is -2.30. The van der Waals surface area contributed by atoms with Gasteiger partial charge in [0.2, 0.25) is 5.90 Å². The number of hydrogen-bond acceptors (Lipinski definition) is 5. The number of fused-ring (bicyclic) bond motifs is 1. The van der Waals surface area contributed by atoms with E-state index in [1.54, 1.807) is 0 Å². The summed E-state index contributed by atoms with van der Waals surface area (Å²) in [5.74, 6) is 0.498. The summed E-state index contributed by atoms with van der Waals surface area (Å²) in [7, 11) is 0. The first-order chi connectivity index (χ1) is 15.1. The lowest BCUT2D eigenvalue weighted by Gasteiger charge is -2.20. The monoisotopic (exact) mass is 423 g/mol. The molecule has 1 aliphatic heterocycles. The van der Waals surface area contributed by atoms with Crippen LogP contribution in [0.4, 0.5) is 0 Å². The Morgan fingerprint density at radius 1 is 1.26 bits per heavy atom. The van der Waals surface area contributed by atoms with E-state index < -0.39 is 12.1 Å². The highest BCUT2D eigenvalue weighted by atomic mass is 16.5. The number of benzene rings is 2. The summed E-state index contributed by atoms with van der Waals surface area (Å²) in [6, 6.07) is 16.0. The number of nitrogens with zero attached hydrogens (tertiary/aromatic N) is 1. The fourth-order valence-corrected chi connectivity index (χ4v) is 4.43. The molecule has 0 bridgehead atoms. The standard InChI is InChI=1S/C25H29NO5/c1-3-29-23(25(27)28)21-11-9-18-15-19(10-12-20(18)21)30-14-13-22-16(2)31-24(26-22)17-7-5-4-6-8-17/h4-8,10,12,15-16,21-23H,3,9,11,13-14H2,1-2H3,(H,27,28). The molecule has 1 aliphatic carbocycles. The van der Waals surface area contributed by atoms with Crippen LogP contribution in [0.15, 0.2) is 53.5 Å². The number of aliphatic carboxylic acids is 1. The van der Waals surface area contributed by atoms with Crippen molar-refractivity contribution in [3.63, 3.8) is 0 Å². The highest BCUT2D eigenvalue weighted by molar-refractivity contribution is 5.95. The average molecular weight is 424 g/mol. The van der Waals surface area contributed by atoms with Crippen molar-refractivity contribution in [2.75, 3.05) is 13.2 Å². The van der Waals surface area contributed by atoms with Crippen molar-refractivity contribution in [2.45, 2.75) is 57.3 Å². The SMILES string of the molecule is CCOC(C(=O)O)C1CCc2cc(OCCC3N=C(c4ccccc4)OC3C)ccc21. The molecule has 6 heteroatoms. The summed E-state index contributed by atoms with van der Waals surface area (Å²) in [6.07, 6.45) is 1.61. The minimum Gasteiger partial charge on any atom is -0.494 e. The van der Waals surface area contributed by atoms with Crippen LogP contribution in [0.5, 0.6) is 5.75 Å². The van der Waals surface area contributed by atoms with Crippen LogP contribution in [-0.2, 0) is 20.7 Å². The zero-order valence-corrected chi connectivity index (χ0v) is 18.0. The summed E-state index contributed by atoms with van der Waals surface area (Å²) in [4.78, 5) is 16.3. The molecule has 2 aliphatic rings.